The summed E-state index contributed by atoms with van der Waals surface area (Å²) in [5, 5.41) is 3.01. The highest BCUT2D eigenvalue weighted by Gasteiger charge is 2.23. The van der Waals surface area contributed by atoms with Gasteiger partial charge >= 0.3 is 6.03 Å². The van der Waals surface area contributed by atoms with Crippen molar-refractivity contribution in [1.29, 1.82) is 0 Å². The molecule has 1 aromatic rings. The number of likely N-dealkylation sites (N-methyl/N-ethyl adjacent to an activating group) is 1. The molecule has 0 radical (unpaired) electrons. The molecule has 1 aromatic carbocycles. The molecule has 23 heavy (non-hydrogen) atoms. The Bertz CT molecular complexity index is 510. The first-order valence-corrected chi connectivity index (χ1v) is 9.20. The Hall–Kier alpha value is -1.40. The highest BCUT2D eigenvalue weighted by Crippen LogP contribution is 2.16. The summed E-state index contributed by atoms with van der Waals surface area (Å²) in [4.78, 5) is 16.3. The van der Waals surface area contributed by atoms with Crippen LogP contribution in [0.15, 0.2) is 24.3 Å². The standard InChI is InChI=1S/C17H27N3O2S/c1-14-13-23-10-8-20(14)17(21)18-12-15-5-4-6-16(11-15)22-9-7-19(2)3/h4-6,11,14H,7-10,12-13H2,1-3H3,(H,18,21)/t14-/m0/s1. The lowest BCUT2D eigenvalue weighted by Gasteiger charge is -2.33. The molecule has 0 aliphatic carbocycles. The SMILES string of the molecule is C[C@H]1CSCCN1C(=O)NCc1cccc(OCCN(C)C)c1. The molecule has 1 heterocycles. The van der Waals surface area contributed by atoms with Crippen LogP contribution in [0.1, 0.15) is 12.5 Å². The lowest BCUT2D eigenvalue weighted by Crippen LogP contribution is -2.49. The molecule has 0 aromatic heterocycles. The highest BCUT2D eigenvalue weighted by molar-refractivity contribution is 7.99. The van der Waals surface area contributed by atoms with Crippen LogP contribution in [-0.2, 0) is 6.54 Å². The predicted molar refractivity (Wildman–Crippen MR) is 96.2 cm³/mol. The van der Waals surface area contributed by atoms with Crippen LogP contribution in [0, 0.1) is 0 Å². The number of urea groups is 1. The van der Waals surface area contributed by atoms with Gasteiger partial charge in [-0.1, -0.05) is 12.1 Å². The van der Waals surface area contributed by atoms with Gasteiger partial charge < -0.3 is 19.9 Å². The van der Waals surface area contributed by atoms with E-state index in [0.717, 1.165) is 35.9 Å². The Morgan fingerprint density at radius 1 is 1.48 bits per heavy atom. The highest BCUT2D eigenvalue weighted by atomic mass is 32.2. The minimum Gasteiger partial charge on any atom is -0.492 e. The largest absolute Gasteiger partial charge is 0.492 e. The second kappa shape index (κ2) is 9.03. The molecule has 0 unspecified atom stereocenters. The number of nitrogens with one attached hydrogen (secondary N) is 1. The number of hydrogen-bond acceptors (Lipinski definition) is 4. The van der Waals surface area contributed by atoms with Gasteiger partial charge in [-0.3, -0.25) is 0 Å². The van der Waals surface area contributed by atoms with Crippen LogP contribution in [0.25, 0.3) is 0 Å². The van der Waals surface area contributed by atoms with Crippen LogP contribution < -0.4 is 10.1 Å². The minimum atomic E-state index is 0.0247. The first-order valence-electron chi connectivity index (χ1n) is 8.05. The Morgan fingerprint density at radius 3 is 3.04 bits per heavy atom. The first kappa shape index (κ1) is 17.9. The number of ether oxygens (including phenoxy) is 1. The van der Waals surface area contributed by atoms with Gasteiger partial charge in [0.15, 0.2) is 0 Å². The molecule has 2 amide bonds. The van der Waals surface area contributed by atoms with Crippen molar-refractivity contribution in [3.8, 4) is 5.75 Å². The summed E-state index contributed by atoms with van der Waals surface area (Å²) in [5.41, 5.74) is 1.06. The Labute approximate surface area is 143 Å². The van der Waals surface area contributed by atoms with Crippen molar-refractivity contribution in [1.82, 2.24) is 15.1 Å². The van der Waals surface area contributed by atoms with E-state index in [2.05, 4.69) is 17.1 Å². The maximum Gasteiger partial charge on any atom is 0.317 e. The first-order chi connectivity index (χ1) is 11.1. The second-order valence-electron chi connectivity index (χ2n) is 6.08. The van der Waals surface area contributed by atoms with Gasteiger partial charge in [-0.25, -0.2) is 4.79 Å². The number of nitrogens with zero attached hydrogens (tertiary/aromatic N) is 2. The van der Waals surface area contributed by atoms with Crippen molar-refractivity contribution in [3.05, 3.63) is 29.8 Å². The monoisotopic (exact) mass is 337 g/mol. The van der Waals surface area contributed by atoms with Gasteiger partial charge in [0.1, 0.15) is 12.4 Å². The normalized spacial score (nSPS) is 18.1. The molecule has 5 nitrogen and oxygen atoms in total. The lowest BCUT2D eigenvalue weighted by atomic mass is 10.2. The van der Waals surface area contributed by atoms with E-state index in [1.807, 2.05) is 55.0 Å². The van der Waals surface area contributed by atoms with Gasteiger partial charge in [0.2, 0.25) is 0 Å². The quantitative estimate of drug-likeness (QED) is 0.865. The van der Waals surface area contributed by atoms with Crippen molar-refractivity contribution < 1.29 is 9.53 Å². The fraction of sp³-hybridized carbons (Fsp3) is 0.588. The maximum atomic E-state index is 12.3. The molecular formula is C17H27N3O2S. The average molecular weight is 337 g/mol. The van der Waals surface area contributed by atoms with Crippen LogP contribution >= 0.6 is 11.8 Å². The molecule has 0 bridgehead atoms. The number of thioether (sulfide) groups is 1. The summed E-state index contributed by atoms with van der Waals surface area (Å²) in [7, 11) is 4.05. The molecule has 1 saturated heterocycles. The fourth-order valence-electron chi connectivity index (χ4n) is 2.40. The third-order valence-electron chi connectivity index (χ3n) is 3.78. The van der Waals surface area contributed by atoms with Crippen LogP contribution in [0.2, 0.25) is 0 Å². The van der Waals surface area contributed by atoms with Gasteiger partial charge in [0.05, 0.1) is 0 Å². The molecule has 1 fully saturated rings. The molecule has 1 N–H and O–H groups in total. The summed E-state index contributed by atoms with van der Waals surface area (Å²) in [6.07, 6.45) is 0. The third-order valence-corrected chi connectivity index (χ3v) is 4.97. The average Bonchev–Trinajstić information content (AvgIpc) is 2.53. The van der Waals surface area contributed by atoms with E-state index in [0.29, 0.717) is 19.2 Å². The molecule has 1 atom stereocenters. The Kier molecular flexibility index (Phi) is 7.05. The molecule has 6 heteroatoms. The Balaban J connectivity index is 1.81. The molecular weight excluding hydrogens is 310 g/mol. The van der Waals surface area contributed by atoms with Crippen molar-refractivity contribution >= 4 is 17.8 Å². The van der Waals surface area contributed by atoms with E-state index in [9.17, 15) is 4.79 Å². The van der Waals surface area contributed by atoms with E-state index in [-0.39, 0.29) is 6.03 Å². The molecule has 0 spiro atoms. The zero-order chi connectivity index (χ0) is 16.7. The molecule has 128 valence electrons. The van der Waals surface area contributed by atoms with Crippen molar-refractivity contribution in [2.75, 3.05) is 45.3 Å². The van der Waals surface area contributed by atoms with E-state index >= 15 is 0 Å². The second-order valence-corrected chi connectivity index (χ2v) is 7.23. The number of amides is 2. The number of carbonyl (C=O) groups excluding carboxylic acids is 1. The summed E-state index contributed by atoms with van der Waals surface area (Å²) < 4.78 is 5.73. The summed E-state index contributed by atoms with van der Waals surface area (Å²) in [5.74, 6) is 2.89. The lowest BCUT2D eigenvalue weighted by molar-refractivity contribution is 0.186. The topological polar surface area (TPSA) is 44.8 Å². The van der Waals surface area contributed by atoms with Crippen molar-refractivity contribution in [2.45, 2.75) is 19.5 Å². The summed E-state index contributed by atoms with van der Waals surface area (Å²) >= 11 is 1.91. The molecule has 0 saturated carbocycles. The van der Waals surface area contributed by atoms with Gasteiger partial charge in [0.25, 0.3) is 0 Å². The van der Waals surface area contributed by atoms with Gasteiger partial charge in [-0.2, -0.15) is 11.8 Å². The summed E-state index contributed by atoms with van der Waals surface area (Å²) in [6.45, 7) is 4.99. The van der Waals surface area contributed by atoms with Crippen molar-refractivity contribution in [2.24, 2.45) is 0 Å². The van der Waals surface area contributed by atoms with Crippen LogP contribution in [0.3, 0.4) is 0 Å². The van der Waals surface area contributed by atoms with E-state index in [1.165, 1.54) is 0 Å². The van der Waals surface area contributed by atoms with Crippen LogP contribution in [-0.4, -0.2) is 67.2 Å². The number of carbonyl (C=O) groups is 1. The molecule has 1 aliphatic rings. The number of hydrogen-bond donors (Lipinski definition) is 1. The zero-order valence-electron chi connectivity index (χ0n) is 14.2. The van der Waals surface area contributed by atoms with E-state index in [4.69, 9.17) is 4.74 Å². The smallest absolute Gasteiger partial charge is 0.317 e. The van der Waals surface area contributed by atoms with Gasteiger partial charge in [0, 0.05) is 37.2 Å². The summed E-state index contributed by atoms with van der Waals surface area (Å²) in [6, 6.07) is 8.24. The van der Waals surface area contributed by atoms with Gasteiger partial charge in [-0.15, -0.1) is 0 Å². The Morgan fingerprint density at radius 2 is 2.30 bits per heavy atom. The fourth-order valence-corrected chi connectivity index (χ4v) is 3.41. The van der Waals surface area contributed by atoms with Crippen LogP contribution in [0.4, 0.5) is 4.79 Å². The predicted octanol–water partition coefficient (Wildman–Crippen LogP) is 2.27. The third kappa shape index (κ3) is 5.95. The zero-order valence-corrected chi connectivity index (χ0v) is 15.1. The van der Waals surface area contributed by atoms with Gasteiger partial charge in [-0.05, 0) is 38.7 Å². The van der Waals surface area contributed by atoms with Crippen molar-refractivity contribution in [3.63, 3.8) is 0 Å². The number of benzene rings is 1. The minimum absolute atomic E-state index is 0.0247. The van der Waals surface area contributed by atoms with E-state index in [1.54, 1.807) is 0 Å². The maximum absolute atomic E-state index is 12.3. The van der Waals surface area contributed by atoms with E-state index < -0.39 is 0 Å². The molecule has 1 aliphatic heterocycles. The number of rotatable bonds is 6. The molecule has 2 rings (SSSR count). The van der Waals surface area contributed by atoms with Crippen LogP contribution in [0.5, 0.6) is 5.75 Å².